The van der Waals surface area contributed by atoms with Crippen molar-refractivity contribution in [2.24, 2.45) is 7.05 Å². The zero-order valence-corrected chi connectivity index (χ0v) is 8.62. The molecule has 0 aliphatic heterocycles. The maximum atomic E-state index is 13.7. The van der Waals surface area contributed by atoms with Crippen molar-refractivity contribution in [3.63, 3.8) is 0 Å². The van der Waals surface area contributed by atoms with E-state index in [4.69, 9.17) is 0 Å². The topological polar surface area (TPSA) is 37.8 Å². The Morgan fingerprint density at radius 3 is 2.75 bits per heavy atom. The van der Waals surface area contributed by atoms with E-state index in [0.29, 0.717) is 11.0 Å². The van der Waals surface area contributed by atoms with Gasteiger partial charge >= 0.3 is 0 Å². The molecule has 0 bridgehead atoms. The average Bonchev–Trinajstić information content (AvgIpc) is 2.56. The van der Waals surface area contributed by atoms with Crippen LogP contribution in [0.25, 0.3) is 21.8 Å². The van der Waals surface area contributed by atoms with Crippen molar-refractivity contribution in [3.8, 4) is 0 Å². The molecule has 3 aromatic rings. The molecule has 0 radical (unpaired) electrons. The highest BCUT2D eigenvalue weighted by molar-refractivity contribution is 6.07. The van der Waals surface area contributed by atoms with Crippen LogP contribution in [0.3, 0.4) is 0 Å². The van der Waals surface area contributed by atoms with Gasteiger partial charge < -0.3 is 9.55 Å². The van der Waals surface area contributed by atoms with Gasteiger partial charge in [-0.2, -0.15) is 0 Å². The summed E-state index contributed by atoms with van der Waals surface area (Å²) < 4.78 is 15.3. The molecule has 3 nitrogen and oxygen atoms in total. The van der Waals surface area contributed by atoms with Crippen LogP contribution in [0.4, 0.5) is 4.39 Å². The van der Waals surface area contributed by atoms with Crippen molar-refractivity contribution in [2.75, 3.05) is 0 Å². The Balaban J connectivity index is 2.76. The number of hydrogen-bond donors (Lipinski definition) is 1. The zero-order chi connectivity index (χ0) is 11.3. The SMILES string of the molecule is Cn1c2c(F)cccc2c2cc[nH]c(=O)c21. The van der Waals surface area contributed by atoms with Crippen LogP contribution in [-0.4, -0.2) is 9.55 Å². The van der Waals surface area contributed by atoms with Gasteiger partial charge in [-0.15, -0.1) is 0 Å². The zero-order valence-electron chi connectivity index (χ0n) is 8.62. The molecular formula is C12H9FN2O. The molecular weight excluding hydrogens is 207 g/mol. The Hall–Kier alpha value is -2.10. The predicted molar refractivity (Wildman–Crippen MR) is 61.0 cm³/mol. The van der Waals surface area contributed by atoms with E-state index in [1.54, 1.807) is 29.9 Å². The summed E-state index contributed by atoms with van der Waals surface area (Å²) in [4.78, 5) is 14.3. The van der Waals surface area contributed by atoms with Crippen molar-refractivity contribution in [1.29, 1.82) is 0 Å². The number of hydrogen-bond acceptors (Lipinski definition) is 1. The first-order valence-corrected chi connectivity index (χ1v) is 4.94. The van der Waals surface area contributed by atoms with Gasteiger partial charge in [-0.05, 0) is 12.1 Å². The number of fused-ring (bicyclic) bond motifs is 3. The van der Waals surface area contributed by atoms with E-state index >= 15 is 0 Å². The molecule has 0 aliphatic carbocycles. The fraction of sp³-hybridized carbons (Fsp3) is 0.0833. The number of rotatable bonds is 0. The van der Waals surface area contributed by atoms with Crippen LogP contribution in [0.5, 0.6) is 0 Å². The first-order valence-electron chi connectivity index (χ1n) is 4.94. The molecule has 2 heterocycles. The second kappa shape index (κ2) is 2.95. The van der Waals surface area contributed by atoms with Gasteiger partial charge in [0.2, 0.25) is 0 Å². The molecule has 0 aliphatic rings. The van der Waals surface area contributed by atoms with E-state index in [9.17, 15) is 9.18 Å². The molecule has 4 heteroatoms. The number of aryl methyl sites for hydroxylation is 1. The summed E-state index contributed by atoms with van der Waals surface area (Å²) >= 11 is 0. The van der Waals surface area contributed by atoms with E-state index in [1.165, 1.54) is 6.07 Å². The summed E-state index contributed by atoms with van der Waals surface area (Å²) in [5.74, 6) is -0.310. The van der Waals surface area contributed by atoms with Gasteiger partial charge in [-0.25, -0.2) is 4.39 Å². The van der Waals surface area contributed by atoms with Gasteiger partial charge in [0.25, 0.3) is 5.56 Å². The second-order valence-corrected chi connectivity index (χ2v) is 3.76. The molecule has 0 saturated carbocycles. The van der Waals surface area contributed by atoms with Crippen molar-refractivity contribution < 1.29 is 4.39 Å². The van der Waals surface area contributed by atoms with Gasteiger partial charge in [0.1, 0.15) is 11.3 Å². The lowest BCUT2D eigenvalue weighted by Gasteiger charge is -1.97. The summed E-state index contributed by atoms with van der Waals surface area (Å²) in [5, 5.41) is 1.55. The van der Waals surface area contributed by atoms with E-state index in [0.717, 1.165) is 10.8 Å². The highest BCUT2D eigenvalue weighted by atomic mass is 19.1. The fourth-order valence-corrected chi connectivity index (χ4v) is 2.21. The molecule has 1 aromatic carbocycles. The van der Waals surface area contributed by atoms with Crippen LogP contribution in [0.2, 0.25) is 0 Å². The monoisotopic (exact) mass is 216 g/mol. The lowest BCUT2D eigenvalue weighted by Crippen LogP contribution is -2.07. The molecule has 3 rings (SSSR count). The third kappa shape index (κ3) is 0.984. The van der Waals surface area contributed by atoms with E-state index < -0.39 is 0 Å². The molecule has 0 fully saturated rings. The summed E-state index contributed by atoms with van der Waals surface area (Å²) in [6.07, 6.45) is 1.58. The smallest absolute Gasteiger partial charge is 0.272 e. The van der Waals surface area contributed by atoms with Crippen LogP contribution >= 0.6 is 0 Å². The largest absolute Gasteiger partial charge is 0.337 e. The van der Waals surface area contributed by atoms with Crippen molar-refractivity contribution in [3.05, 3.63) is 46.6 Å². The second-order valence-electron chi connectivity index (χ2n) is 3.76. The average molecular weight is 216 g/mol. The van der Waals surface area contributed by atoms with Gasteiger partial charge in [0.05, 0.1) is 5.52 Å². The third-order valence-corrected chi connectivity index (χ3v) is 2.88. The molecule has 1 N–H and O–H groups in total. The van der Waals surface area contributed by atoms with Crippen LogP contribution in [0, 0.1) is 5.82 Å². The van der Waals surface area contributed by atoms with Crippen LogP contribution in [0.15, 0.2) is 35.3 Å². The Morgan fingerprint density at radius 1 is 1.19 bits per heavy atom. The van der Waals surface area contributed by atoms with E-state index in [-0.39, 0.29) is 11.4 Å². The van der Waals surface area contributed by atoms with Crippen molar-refractivity contribution >= 4 is 21.8 Å². The number of pyridine rings is 1. The van der Waals surface area contributed by atoms with E-state index in [2.05, 4.69) is 4.98 Å². The fourth-order valence-electron chi connectivity index (χ4n) is 2.21. The lowest BCUT2D eigenvalue weighted by molar-refractivity contribution is 0.633. The van der Waals surface area contributed by atoms with Gasteiger partial charge in [0.15, 0.2) is 0 Å². The standard InChI is InChI=1S/C12H9FN2O/c1-15-10-7(3-2-4-9(10)13)8-5-6-14-12(16)11(8)15/h2-6H,1H3,(H,14,16). The van der Waals surface area contributed by atoms with Crippen molar-refractivity contribution in [2.45, 2.75) is 0 Å². The molecule has 0 unspecified atom stereocenters. The number of benzene rings is 1. The number of nitrogens with zero attached hydrogens (tertiary/aromatic N) is 1. The number of para-hydroxylation sites is 1. The molecule has 0 amide bonds. The Labute approximate surface area is 90.1 Å². The Kier molecular flexibility index (Phi) is 1.68. The predicted octanol–water partition coefficient (Wildman–Crippen LogP) is 2.16. The number of nitrogens with one attached hydrogen (secondary N) is 1. The highest BCUT2D eigenvalue weighted by Gasteiger charge is 2.13. The number of aromatic amines is 1. The number of aromatic nitrogens is 2. The van der Waals surface area contributed by atoms with E-state index in [1.807, 2.05) is 6.07 Å². The molecule has 2 aromatic heterocycles. The Morgan fingerprint density at radius 2 is 1.94 bits per heavy atom. The normalized spacial score (nSPS) is 11.4. The van der Waals surface area contributed by atoms with Gasteiger partial charge in [-0.3, -0.25) is 4.79 Å². The molecule has 80 valence electrons. The van der Waals surface area contributed by atoms with Gasteiger partial charge in [0, 0.05) is 24.0 Å². The summed E-state index contributed by atoms with van der Waals surface area (Å²) in [5.41, 5.74) is 0.771. The van der Waals surface area contributed by atoms with Crippen LogP contribution in [-0.2, 0) is 7.05 Å². The summed E-state index contributed by atoms with van der Waals surface area (Å²) in [6.45, 7) is 0. The quantitative estimate of drug-likeness (QED) is 0.614. The lowest BCUT2D eigenvalue weighted by atomic mass is 10.2. The number of halogens is 1. The maximum absolute atomic E-state index is 13.7. The number of H-pyrrole nitrogens is 1. The molecule has 16 heavy (non-hydrogen) atoms. The molecule has 0 spiro atoms. The van der Waals surface area contributed by atoms with Crippen LogP contribution < -0.4 is 5.56 Å². The molecule has 0 saturated heterocycles. The third-order valence-electron chi connectivity index (χ3n) is 2.88. The Bertz CT molecular complexity index is 755. The van der Waals surface area contributed by atoms with Crippen LogP contribution in [0.1, 0.15) is 0 Å². The summed E-state index contributed by atoms with van der Waals surface area (Å²) in [6, 6.07) is 6.66. The first-order chi connectivity index (χ1) is 7.70. The van der Waals surface area contributed by atoms with Gasteiger partial charge in [-0.1, -0.05) is 12.1 Å². The molecule has 0 atom stereocenters. The minimum Gasteiger partial charge on any atom is -0.337 e. The van der Waals surface area contributed by atoms with Crippen molar-refractivity contribution in [1.82, 2.24) is 9.55 Å². The first kappa shape index (κ1) is 9.15. The minimum absolute atomic E-state index is 0.199. The highest BCUT2D eigenvalue weighted by Crippen LogP contribution is 2.27. The summed E-state index contributed by atoms with van der Waals surface area (Å²) in [7, 11) is 1.70. The maximum Gasteiger partial charge on any atom is 0.272 e. The minimum atomic E-state index is -0.310.